The van der Waals surface area contributed by atoms with Crippen LogP contribution in [0.2, 0.25) is 0 Å². The first-order valence-corrected chi connectivity index (χ1v) is 5.53. The minimum absolute atomic E-state index is 0.193. The van der Waals surface area contributed by atoms with Crippen molar-refractivity contribution in [3.63, 3.8) is 0 Å². The van der Waals surface area contributed by atoms with Crippen LogP contribution in [0.5, 0.6) is 17.2 Å². The van der Waals surface area contributed by atoms with Crippen LogP contribution in [0.25, 0.3) is 0 Å². The molecule has 1 fully saturated rings. The van der Waals surface area contributed by atoms with Crippen molar-refractivity contribution in [2.24, 2.45) is 0 Å². The molecule has 88 valence electrons. The predicted octanol–water partition coefficient (Wildman–Crippen LogP) is 1.53. The number of hydrogen-bond donors (Lipinski definition) is 2. The van der Waals surface area contributed by atoms with Crippen molar-refractivity contribution >= 4 is 0 Å². The van der Waals surface area contributed by atoms with Crippen LogP contribution in [0.3, 0.4) is 0 Å². The summed E-state index contributed by atoms with van der Waals surface area (Å²) in [5.41, 5.74) is 0. The SMILES string of the molecule is Oc1cccc(Oc2cnn(C3CNC3)c2)c1. The number of hydrogen-bond acceptors (Lipinski definition) is 4. The molecule has 0 amide bonds. The Morgan fingerprint density at radius 3 is 2.94 bits per heavy atom. The van der Waals surface area contributed by atoms with E-state index in [1.54, 1.807) is 30.5 Å². The van der Waals surface area contributed by atoms with Crippen molar-refractivity contribution in [2.75, 3.05) is 13.1 Å². The Hall–Kier alpha value is -2.01. The molecule has 2 aromatic rings. The largest absolute Gasteiger partial charge is 0.508 e. The van der Waals surface area contributed by atoms with Crippen LogP contribution in [0, 0.1) is 0 Å². The van der Waals surface area contributed by atoms with Gasteiger partial charge < -0.3 is 15.2 Å². The lowest BCUT2D eigenvalue weighted by atomic mass is 10.2. The zero-order valence-electron chi connectivity index (χ0n) is 9.21. The highest BCUT2D eigenvalue weighted by molar-refractivity contribution is 5.34. The van der Waals surface area contributed by atoms with Gasteiger partial charge in [0.05, 0.1) is 18.4 Å². The molecular formula is C12H13N3O2. The van der Waals surface area contributed by atoms with E-state index in [2.05, 4.69) is 10.4 Å². The van der Waals surface area contributed by atoms with Crippen molar-refractivity contribution < 1.29 is 9.84 Å². The van der Waals surface area contributed by atoms with E-state index in [9.17, 15) is 5.11 Å². The van der Waals surface area contributed by atoms with E-state index in [4.69, 9.17) is 4.74 Å². The summed E-state index contributed by atoms with van der Waals surface area (Å²) in [6.07, 6.45) is 3.55. The van der Waals surface area contributed by atoms with E-state index in [1.807, 2.05) is 10.9 Å². The lowest BCUT2D eigenvalue weighted by molar-refractivity contribution is 0.317. The third-order valence-corrected chi connectivity index (χ3v) is 2.77. The summed E-state index contributed by atoms with van der Waals surface area (Å²) in [5, 5.41) is 16.8. The van der Waals surface area contributed by atoms with Crippen LogP contribution in [-0.4, -0.2) is 28.0 Å². The highest BCUT2D eigenvalue weighted by Crippen LogP contribution is 2.25. The predicted molar refractivity (Wildman–Crippen MR) is 62.3 cm³/mol. The Bertz CT molecular complexity index is 520. The number of aromatic nitrogens is 2. The van der Waals surface area contributed by atoms with Gasteiger partial charge in [0.15, 0.2) is 5.75 Å². The van der Waals surface area contributed by atoms with Gasteiger partial charge in [-0.3, -0.25) is 4.68 Å². The molecule has 0 unspecified atom stereocenters. The summed E-state index contributed by atoms with van der Waals surface area (Å²) in [6, 6.07) is 7.14. The van der Waals surface area contributed by atoms with E-state index in [1.165, 1.54) is 0 Å². The maximum Gasteiger partial charge on any atom is 0.165 e. The second kappa shape index (κ2) is 4.10. The van der Waals surface area contributed by atoms with Gasteiger partial charge >= 0.3 is 0 Å². The van der Waals surface area contributed by atoms with Crippen LogP contribution in [0.4, 0.5) is 0 Å². The zero-order valence-corrected chi connectivity index (χ0v) is 9.21. The number of benzene rings is 1. The van der Waals surface area contributed by atoms with Crippen LogP contribution >= 0.6 is 0 Å². The molecule has 1 aromatic carbocycles. The fourth-order valence-electron chi connectivity index (χ4n) is 1.72. The molecule has 1 saturated heterocycles. The number of nitrogens with zero attached hydrogens (tertiary/aromatic N) is 2. The molecule has 17 heavy (non-hydrogen) atoms. The first-order chi connectivity index (χ1) is 8.31. The third kappa shape index (κ3) is 2.09. The van der Waals surface area contributed by atoms with Crippen LogP contribution < -0.4 is 10.1 Å². The van der Waals surface area contributed by atoms with E-state index in [0.717, 1.165) is 13.1 Å². The highest BCUT2D eigenvalue weighted by Gasteiger charge is 2.19. The van der Waals surface area contributed by atoms with Gasteiger partial charge in [-0.2, -0.15) is 5.10 Å². The molecule has 1 aliphatic rings. The van der Waals surface area contributed by atoms with E-state index in [0.29, 0.717) is 17.5 Å². The Kier molecular flexibility index (Phi) is 2.45. The molecule has 2 N–H and O–H groups in total. The Morgan fingerprint density at radius 2 is 2.24 bits per heavy atom. The molecule has 1 aliphatic heterocycles. The van der Waals surface area contributed by atoms with Crippen molar-refractivity contribution in [1.29, 1.82) is 0 Å². The molecule has 2 heterocycles. The van der Waals surface area contributed by atoms with Crippen molar-refractivity contribution in [3.8, 4) is 17.2 Å². The molecule has 5 nitrogen and oxygen atoms in total. The number of nitrogens with one attached hydrogen (secondary N) is 1. The van der Waals surface area contributed by atoms with E-state index < -0.39 is 0 Å². The van der Waals surface area contributed by atoms with Gasteiger partial charge in [0.1, 0.15) is 11.5 Å². The number of aromatic hydroxyl groups is 1. The van der Waals surface area contributed by atoms with E-state index in [-0.39, 0.29) is 5.75 Å². The van der Waals surface area contributed by atoms with Crippen LogP contribution in [-0.2, 0) is 0 Å². The Labute approximate surface area is 98.6 Å². The normalized spacial score (nSPS) is 15.5. The van der Waals surface area contributed by atoms with Crippen molar-refractivity contribution in [3.05, 3.63) is 36.7 Å². The maximum atomic E-state index is 9.32. The molecule has 0 bridgehead atoms. The maximum absolute atomic E-state index is 9.32. The third-order valence-electron chi connectivity index (χ3n) is 2.77. The molecule has 0 aliphatic carbocycles. The minimum Gasteiger partial charge on any atom is -0.508 e. The van der Waals surface area contributed by atoms with E-state index >= 15 is 0 Å². The summed E-state index contributed by atoms with van der Waals surface area (Å²) < 4.78 is 7.49. The number of ether oxygens (including phenoxy) is 1. The molecule has 1 aromatic heterocycles. The minimum atomic E-state index is 0.193. The van der Waals surface area contributed by atoms with Crippen molar-refractivity contribution in [2.45, 2.75) is 6.04 Å². The Morgan fingerprint density at radius 1 is 1.35 bits per heavy atom. The average molecular weight is 231 g/mol. The lowest BCUT2D eigenvalue weighted by Gasteiger charge is -2.26. The topological polar surface area (TPSA) is 59.3 Å². The fourth-order valence-corrected chi connectivity index (χ4v) is 1.72. The molecule has 5 heteroatoms. The molecule has 0 radical (unpaired) electrons. The summed E-state index contributed by atoms with van der Waals surface area (Å²) in [5.74, 6) is 1.48. The average Bonchev–Trinajstić information content (AvgIpc) is 2.63. The van der Waals surface area contributed by atoms with Crippen molar-refractivity contribution in [1.82, 2.24) is 15.1 Å². The lowest BCUT2D eigenvalue weighted by Crippen LogP contribution is -2.43. The number of phenolic OH excluding ortho intramolecular Hbond substituents is 1. The second-order valence-corrected chi connectivity index (χ2v) is 4.07. The fraction of sp³-hybridized carbons (Fsp3) is 0.250. The zero-order chi connectivity index (χ0) is 11.7. The summed E-state index contributed by atoms with van der Waals surface area (Å²) in [4.78, 5) is 0. The Balaban J connectivity index is 1.74. The monoisotopic (exact) mass is 231 g/mol. The first kappa shape index (κ1) is 10.2. The quantitative estimate of drug-likeness (QED) is 0.841. The van der Waals surface area contributed by atoms with Gasteiger partial charge in [0.2, 0.25) is 0 Å². The number of rotatable bonds is 3. The van der Waals surface area contributed by atoms with Crippen LogP contribution in [0.15, 0.2) is 36.7 Å². The molecule has 0 saturated carbocycles. The molecule has 3 rings (SSSR count). The summed E-state index contributed by atoms with van der Waals surface area (Å²) >= 11 is 0. The molecule has 0 atom stereocenters. The standard InChI is InChI=1S/C12H13N3O2/c16-10-2-1-3-11(4-10)17-12-7-14-15(8-12)9-5-13-6-9/h1-4,7-9,13,16H,5-6H2. The highest BCUT2D eigenvalue weighted by atomic mass is 16.5. The smallest absolute Gasteiger partial charge is 0.165 e. The first-order valence-electron chi connectivity index (χ1n) is 5.53. The van der Waals surface area contributed by atoms with Gasteiger partial charge in [-0.25, -0.2) is 0 Å². The summed E-state index contributed by atoms with van der Waals surface area (Å²) in [7, 11) is 0. The van der Waals surface area contributed by atoms with Gasteiger partial charge in [-0.05, 0) is 12.1 Å². The van der Waals surface area contributed by atoms with Gasteiger partial charge in [-0.1, -0.05) is 6.07 Å². The van der Waals surface area contributed by atoms with Gasteiger partial charge in [0, 0.05) is 19.2 Å². The van der Waals surface area contributed by atoms with Crippen LogP contribution in [0.1, 0.15) is 6.04 Å². The van der Waals surface area contributed by atoms with Gasteiger partial charge in [-0.15, -0.1) is 0 Å². The van der Waals surface area contributed by atoms with Gasteiger partial charge in [0.25, 0.3) is 0 Å². The summed E-state index contributed by atoms with van der Waals surface area (Å²) in [6.45, 7) is 1.90. The molecular weight excluding hydrogens is 218 g/mol. The molecule has 0 spiro atoms. The second-order valence-electron chi connectivity index (χ2n) is 4.07. The number of phenols is 1.